The van der Waals surface area contributed by atoms with Gasteiger partial charge in [0.15, 0.2) is 5.78 Å². The molecule has 0 fully saturated rings. The van der Waals surface area contributed by atoms with Gasteiger partial charge in [-0.2, -0.15) is 0 Å². The summed E-state index contributed by atoms with van der Waals surface area (Å²) in [4.78, 5) is 19.3. The molecule has 132 valence electrons. The van der Waals surface area contributed by atoms with Crippen molar-refractivity contribution in [1.29, 1.82) is 0 Å². The molecule has 3 aromatic rings. The van der Waals surface area contributed by atoms with Crippen molar-refractivity contribution >= 4 is 38.9 Å². The highest BCUT2D eigenvalue weighted by atomic mass is 32.2. The van der Waals surface area contributed by atoms with Gasteiger partial charge in [0.05, 0.1) is 10.4 Å². The molecule has 0 unspecified atom stereocenters. The molecular formula is C18H14N2O3S3. The number of thiazole rings is 1. The molecule has 26 heavy (non-hydrogen) atoms. The van der Waals surface area contributed by atoms with E-state index in [0.717, 1.165) is 20.2 Å². The van der Waals surface area contributed by atoms with Crippen LogP contribution in [-0.4, -0.2) is 19.2 Å². The van der Waals surface area contributed by atoms with Crippen LogP contribution in [0.15, 0.2) is 68.9 Å². The summed E-state index contributed by atoms with van der Waals surface area (Å²) in [7, 11) is -3.66. The largest absolute Gasteiger partial charge is 0.294 e. The predicted octanol–water partition coefficient (Wildman–Crippen LogP) is 3.51. The molecule has 2 heterocycles. The fourth-order valence-electron chi connectivity index (χ4n) is 2.71. The molecule has 0 aliphatic carbocycles. The average molecular weight is 403 g/mol. The normalized spacial score (nSPS) is 13.8. The van der Waals surface area contributed by atoms with Gasteiger partial charge in [-0.25, -0.2) is 13.1 Å². The zero-order valence-corrected chi connectivity index (χ0v) is 16.0. The van der Waals surface area contributed by atoms with E-state index < -0.39 is 10.0 Å². The smallest absolute Gasteiger partial charge is 0.240 e. The van der Waals surface area contributed by atoms with Crippen LogP contribution in [-0.2, 0) is 23.0 Å². The third kappa shape index (κ3) is 3.45. The van der Waals surface area contributed by atoms with E-state index in [1.54, 1.807) is 29.9 Å². The lowest BCUT2D eigenvalue weighted by molar-refractivity contribution is 0.0990. The van der Waals surface area contributed by atoms with Gasteiger partial charge in [0.1, 0.15) is 0 Å². The fourth-order valence-corrected chi connectivity index (χ4v) is 5.47. The first-order chi connectivity index (χ1) is 12.5. The Bertz CT molecular complexity index is 1080. The highest BCUT2D eigenvalue weighted by molar-refractivity contribution is 7.99. The van der Waals surface area contributed by atoms with Crippen LogP contribution in [0.2, 0.25) is 0 Å². The number of hydrogen-bond acceptors (Lipinski definition) is 6. The van der Waals surface area contributed by atoms with E-state index in [4.69, 9.17) is 0 Å². The quantitative estimate of drug-likeness (QED) is 0.723. The summed E-state index contributed by atoms with van der Waals surface area (Å²) < 4.78 is 27.7. The Morgan fingerprint density at radius 1 is 1.12 bits per heavy atom. The summed E-state index contributed by atoms with van der Waals surface area (Å²) in [6.45, 7) is 0.198. The Labute approximate surface area is 159 Å². The van der Waals surface area contributed by atoms with Gasteiger partial charge in [-0.1, -0.05) is 30.0 Å². The maximum absolute atomic E-state index is 12.6. The van der Waals surface area contributed by atoms with Crippen molar-refractivity contribution in [3.05, 3.63) is 70.2 Å². The highest BCUT2D eigenvalue weighted by Crippen LogP contribution is 2.37. The molecule has 0 spiro atoms. The zero-order valence-electron chi connectivity index (χ0n) is 13.5. The molecule has 1 aromatic heterocycles. The molecule has 1 aliphatic rings. The van der Waals surface area contributed by atoms with Crippen LogP contribution in [0.4, 0.5) is 0 Å². The van der Waals surface area contributed by atoms with E-state index in [0.29, 0.717) is 5.56 Å². The van der Waals surface area contributed by atoms with Gasteiger partial charge < -0.3 is 0 Å². The molecule has 0 atom stereocenters. The standard InChI is InChI=1S/C18H14N2O3S3/c21-16-8-12-7-14(26(22,23)20-10-13-9-19-11-24-13)5-6-17(12)25-18-4-2-1-3-15(16)18/h1-7,9,11,20H,8,10H2. The number of ketones is 1. The number of nitrogens with one attached hydrogen (secondary N) is 1. The van der Waals surface area contributed by atoms with Gasteiger partial charge in [0.25, 0.3) is 0 Å². The summed E-state index contributed by atoms with van der Waals surface area (Å²) in [5.74, 6) is -0.000910. The van der Waals surface area contributed by atoms with Crippen molar-refractivity contribution in [3.63, 3.8) is 0 Å². The van der Waals surface area contributed by atoms with E-state index in [1.165, 1.54) is 23.1 Å². The average Bonchev–Trinajstić information content (AvgIpc) is 3.10. The van der Waals surface area contributed by atoms with Crippen LogP contribution in [0, 0.1) is 0 Å². The lowest BCUT2D eigenvalue weighted by Crippen LogP contribution is -2.23. The molecular weight excluding hydrogens is 388 g/mol. The minimum absolute atomic E-state index is 0.000910. The molecule has 2 aromatic carbocycles. The van der Waals surface area contributed by atoms with Crippen LogP contribution in [0.5, 0.6) is 0 Å². The van der Waals surface area contributed by atoms with Crippen LogP contribution in [0.25, 0.3) is 0 Å². The molecule has 0 bridgehead atoms. The van der Waals surface area contributed by atoms with Crippen molar-refractivity contribution in [1.82, 2.24) is 9.71 Å². The van der Waals surface area contributed by atoms with Gasteiger partial charge in [0, 0.05) is 39.4 Å². The van der Waals surface area contributed by atoms with Gasteiger partial charge in [0.2, 0.25) is 10.0 Å². The lowest BCUT2D eigenvalue weighted by Gasteiger charge is -2.10. The number of hydrogen-bond donors (Lipinski definition) is 1. The number of benzene rings is 2. The van der Waals surface area contributed by atoms with E-state index in [2.05, 4.69) is 9.71 Å². The van der Waals surface area contributed by atoms with E-state index in [1.807, 2.05) is 24.3 Å². The second-order valence-electron chi connectivity index (χ2n) is 5.76. The van der Waals surface area contributed by atoms with Gasteiger partial charge in [-0.05, 0) is 29.8 Å². The lowest BCUT2D eigenvalue weighted by atomic mass is 10.0. The number of rotatable bonds is 4. The van der Waals surface area contributed by atoms with Crippen molar-refractivity contribution in [2.24, 2.45) is 0 Å². The van der Waals surface area contributed by atoms with Crippen molar-refractivity contribution in [2.45, 2.75) is 27.7 Å². The molecule has 0 radical (unpaired) electrons. The Morgan fingerprint density at radius 3 is 2.77 bits per heavy atom. The summed E-state index contributed by atoms with van der Waals surface area (Å²) in [6, 6.07) is 12.4. The summed E-state index contributed by atoms with van der Waals surface area (Å²) in [5.41, 5.74) is 3.07. The second kappa shape index (κ2) is 6.96. The minimum Gasteiger partial charge on any atom is -0.294 e. The van der Waals surface area contributed by atoms with Gasteiger partial charge >= 0.3 is 0 Å². The fraction of sp³-hybridized carbons (Fsp3) is 0.111. The maximum Gasteiger partial charge on any atom is 0.240 e. The van der Waals surface area contributed by atoms with Crippen LogP contribution >= 0.6 is 23.1 Å². The number of aromatic nitrogens is 1. The molecule has 8 heteroatoms. The first-order valence-electron chi connectivity index (χ1n) is 7.83. The first-order valence-corrected chi connectivity index (χ1v) is 11.0. The Morgan fingerprint density at radius 2 is 1.96 bits per heavy atom. The Hall–Kier alpha value is -2.00. The van der Waals surface area contributed by atoms with Crippen molar-refractivity contribution in [2.75, 3.05) is 0 Å². The van der Waals surface area contributed by atoms with Gasteiger partial charge in [-0.3, -0.25) is 9.78 Å². The summed E-state index contributed by atoms with van der Waals surface area (Å²) >= 11 is 2.89. The van der Waals surface area contributed by atoms with Crippen LogP contribution in [0.1, 0.15) is 20.8 Å². The Kier molecular flexibility index (Phi) is 4.66. The molecule has 0 saturated heterocycles. The molecule has 1 N–H and O–H groups in total. The number of carbonyl (C=O) groups excluding carboxylic acids is 1. The topological polar surface area (TPSA) is 76.1 Å². The third-order valence-electron chi connectivity index (χ3n) is 4.02. The van der Waals surface area contributed by atoms with Crippen LogP contribution in [0.3, 0.4) is 0 Å². The maximum atomic E-state index is 12.6. The van der Waals surface area contributed by atoms with E-state index >= 15 is 0 Å². The molecule has 0 amide bonds. The molecule has 0 saturated carbocycles. The summed E-state index contributed by atoms with van der Waals surface area (Å²) in [6.07, 6.45) is 1.83. The Balaban J connectivity index is 1.63. The van der Waals surface area contributed by atoms with Crippen LogP contribution < -0.4 is 4.72 Å². The zero-order chi connectivity index (χ0) is 18.1. The van der Waals surface area contributed by atoms with Crippen molar-refractivity contribution < 1.29 is 13.2 Å². The monoisotopic (exact) mass is 402 g/mol. The number of nitrogens with zero attached hydrogens (tertiary/aromatic N) is 1. The predicted molar refractivity (Wildman–Crippen MR) is 101 cm³/mol. The van der Waals surface area contributed by atoms with E-state index in [-0.39, 0.29) is 23.6 Å². The van der Waals surface area contributed by atoms with Gasteiger partial charge in [-0.15, -0.1) is 11.3 Å². The SMILES string of the molecule is O=C1Cc2cc(S(=O)(=O)NCc3cncs3)ccc2Sc2ccccc21. The molecule has 1 aliphatic heterocycles. The highest BCUT2D eigenvalue weighted by Gasteiger charge is 2.22. The number of fused-ring (bicyclic) bond motifs is 2. The molecule has 4 rings (SSSR count). The second-order valence-corrected chi connectivity index (χ2v) is 9.58. The van der Waals surface area contributed by atoms with E-state index in [9.17, 15) is 13.2 Å². The van der Waals surface area contributed by atoms with Crippen molar-refractivity contribution in [3.8, 4) is 0 Å². The third-order valence-corrected chi connectivity index (χ3v) is 7.39. The first kappa shape index (κ1) is 17.4. The number of carbonyl (C=O) groups is 1. The summed E-state index contributed by atoms with van der Waals surface area (Å²) in [5, 5.41) is 0. The molecule has 5 nitrogen and oxygen atoms in total. The number of Topliss-reactive ketones (excluding diaryl/α,β-unsaturated/α-hetero) is 1. The minimum atomic E-state index is -3.66. The number of sulfonamides is 1.